The summed E-state index contributed by atoms with van der Waals surface area (Å²) < 4.78 is 0. The van der Waals surface area contributed by atoms with Gasteiger partial charge in [-0.15, -0.1) is 0 Å². The van der Waals surface area contributed by atoms with E-state index in [9.17, 15) is 9.90 Å². The van der Waals surface area contributed by atoms with Gasteiger partial charge in [-0.2, -0.15) is 5.10 Å². The van der Waals surface area contributed by atoms with E-state index in [4.69, 9.17) is 0 Å². The van der Waals surface area contributed by atoms with Gasteiger partial charge in [-0.25, -0.2) is 5.43 Å². The summed E-state index contributed by atoms with van der Waals surface area (Å²) in [6, 6.07) is 11.2. The van der Waals surface area contributed by atoms with Crippen molar-refractivity contribution in [1.29, 1.82) is 0 Å². The van der Waals surface area contributed by atoms with E-state index in [1.54, 1.807) is 12.1 Å². The number of hydrazone groups is 1. The Morgan fingerprint density at radius 3 is 2.64 bits per heavy atom. The average molecular weight is 296 g/mol. The standard InChI is InChI=1S/C18H20N2O2/c1-12-4-7-17(21)16(8-12)11-19-20-18(22)10-15-6-5-13(2)14(3)9-15/h4-9,11,21H,10H2,1-3H3,(H,20,22). The van der Waals surface area contributed by atoms with Crippen LogP contribution in [0.5, 0.6) is 5.75 Å². The molecule has 0 bridgehead atoms. The number of phenols is 1. The predicted octanol–water partition coefficient (Wildman–Crippen LogP) is 3.01. The Balaban J connectivity index is 1.96. The van der Waals surface area contributed by atoms with E-state index in [1.165, 1.54) is 17.3 Å². The van der Waals surface area contributed by atoms with Crippen LogP contribution in [0.4, 0.5) is 0 Å². The van der Waals surface area contributed by atoms with Crippen LogP contribution in [0.25, 0.3) is 0 Å². The van der Waals surface area contributed by atoms with Crippen molar-refractivity contribution in [2.45, 2.75) is 27.2 Å². The predicted molar refractivity (Wildman–Crippen MR) is 88.2 cm³/mol. The zero-order valence-corrected chi connectivity index (χ0v) is 13.1. The van der Waals surface area contributed by atoms with Gasteiger partial charge in [0.05, 0.1) is 12.6 Å². The van der Waals surface area contributed by atoms with Crippen LogP contribution in [-0.4, -0.2) is 17.2 Å². The second kappa shape index (κ2) is 6.89. The molecule has 0 atom stereocenters. The quantitative estimate of drug-likeness (QED) is 0.673. The lowest BCUT2D eigenvalue weighted by Gasteiger charge is -2.04. The fourth-order valence-electron chi connectivity index (χ4n) is 2.09. The first-order valence-electron chi connectivity index (χ1n) is 7.13. The number of benzene rings is 2. The maximum atomic E-state index is 11.9. The summed E-state index contributed by atoms with van der Waals surface area (Å²) in [6.45, 7) is 5.99. The molecule has 2 rings (SSSR count). The molecule has 2 aromatic rings. The minimum absolute atomic E-state index is 0.137. The summed E-state index contributed by atoms with van der Waals surface area (Å²) in [5, 5.41) is 13.6. The van der Waals surface area contributed by atoms with Gasteiger partial charge in [0, 0.05) is 5.56 Å². The molecular formula is C18H20N2O2. The third-order valence-electron chi connectivity index (χ3n) is 3.51. The summed E-state index contributed by atoms with van der Waals surface area (Å²) in [6.07, 6.45) is 1.72. The number of carbonyl (C=O) groups excluding carboxylic acids is 1. The van der Waals surface area contributed by atoms with Gasteiger partial charge in [0.2, 0.25) is 5.91 Å². The van der Waals surface area contributed by atoms with Crippen LogP contribution < -0.4 is 5.43 Å². The van der Waals surface area contributed by atoms with Gasteiger partial charge < -0.3 is 5.11 Å². The van der Waals surface area contributed by atoms with Crippen LogP contribution in [-0.2, 0) is 11.2 Å². The Labute approximate surface area is 130 Å². The Morgan fingerprint density at radius 1 is 1.14 bits per heavy atom. The minimum Gasteiger partial charge on any atom is -0.507 e. The topological polar surface area (TPSA) is 61.7 Å². The monoisotopic (exact) mass is 296 g/mol. The Bertz CT molecular complexity index is 721. The number of nitrogens with zero attached hydrogens (tertiary/aromatic N) is 1. The molecule has 0 aliphatic heterocycles. The summed E-state index contributed by atoms with van der Waals surface area (Å²) in [7, 11) is 0. The van der Waals surface area contributed by atoms with E-state index in [2.05, 4.69) is 10.5 Å². The molecule has 114 valence electrons. The van der Waals surface area contributed by atoms with Gasteiger partial charge in [-0.1, -0.05) is 29.8 Å². The summed E-state index contributed by atoms with van der Waals surface area (Å²) >= 11 is 0. The highest BCUT2D eigenvalue weighted by atomic mass is 16.3. The maximum absolute atomic E-state index is 11.9. The van der Waals surface area contributed by atoms with E-state index in [-0.39, 0.29) is 18.1 Å². The van der Waals surface area contributed by atoms with Crippen molar-refractivity contribution < 1.29 is 9.90 Å². The van der Waals surface area contributed by atoms with Gasteiger partial charge in [-0.3, -0.25) is 4.79 Å². The van der Waals surface area contributed by atoms with Gasteiger partial charge in [-0.05, 0) is 49.6 Å². The van der Waals surface area contributed by atoms with E-state index in [1.807, 2.05) is 45.0 Å². The van der Waals surface area contributed by atoms with Crippen LogP contribution in [0.1, 0.15) is 27.8 Å². The number of nitrogens with one attached hydrogen (secondary N) is 1. The number of hydrogen-bond donors (Lipinski definition) is 2. The number of carbonyl (C=O) groups is 1. The second-order valence-corrected chi connectivity index (χ2v) is 5.45. The molecule has 0 heterocycles. The lowest BCUT2D eigenvalue weighted by molar-refractivity contribution is -0.120. The number of hydrogen-bond acceptors (Lipinski definition) is 3. The molecule has 1 amide bonds. The molecular weight excluding hydrogens is 276 g/mol. The number of rotatable bonds is 4. The molecule has 2 N–H and O–H groups in total. The Hall–Kier alpha value is -2.62. The lowest BCUT2D eigenvalue weighted by atomic mass is 10.0. The molecule has 0 aromatic heterocycles. The molecule has 0 spiro atoms. The third kappa shape index (κ3) is 4.19. The van der Waals surface area contributed by atoms with Gasteiger partial charge in [0.1, 0.15) is 5.75 Å². The van der Waals surface area contributed by atoms with E-state index in [0.29, 0.717) is 5.56 Å². The van der Waals surface area contributed by atoms with Crippen molar-refractivity contribution >= 4 is 12.1 Å². The number of aromatic hydroxyl groups is 1. The van der Waals surface area contributed by atoms with Crippen molar-refractivity contribution in [1.82, 2.24) is 5.43 Å². The maximum Gasteiger partial charge on any atom is 0.244 e. The van der Waals surface area contributed by atoms with Crippen LogP contribution in [0.3, 0.4) is 0 Å². The molecule has 4 heteroatoms. The van der Waals surface area contributed by atoms with Crippen LogP contribution in [0, 0.1) is 20.8 Å². The molecule has 0 saturated heterocycles. The fourth-order valence-corrected chi connectivity index (χ4v) is 2.09. The highest BCUT2D eigenvalue weighted by molar-refractivity contribution is 5.85. The molecule has 0 fully saturated rings. The first-order chi connectivity index (χ1) is 10.5. The number of amides is 1. The second-order valence-electron chi connectivity index (χ2n) is 5.45. The summed E-state index contributed by atoms with van der Waals surface area (Å²) in [5.41, 5.74) is 7.39. The largest absolute Gasteiger partial charge is 0.507 e. The molecule has 0 radical (unpaired) electrons. The third-order valence-corrected chi connectivity index (χ3v) is 3.51. The fraction of sp³-hybridized carbons (Fsp3) is 0.222. The van der Waals surface area contributed by atoms with Crippen molar-refractivity contribution in [3.8, 4) is 5.75 Å². The minimum atomic E-state index is -0.188. The first-order valence-corrected chi connectivity index (χ1v) is 7.13. The molecule has 2 aromatic carbocycles. The zero-order chi connectivity index (χ0) is 16.1. The van der Waals surface area contributed by atoms with Gasteiger partial charge >= 0.3 is 0 Å². The number of aryl methyl sites for hydroxylation is 3. The SMILES string of the molecule is Cc1ccc(O)c(C=NNC(=O)Cc2ccc(C)c(C)c2)c1. The molecule has 4 nitrogen and oxygen atoms in total. The van der Waals surface area contributed by atoms with Crippen LogP contribution in [0.2, 0.25) is 0 Å². The van der Waals surface area contributed by atoms with Crippen LogP contribution in [0.15, 0.2) is 41.5 Å². The molecule has 0 saturated carbocycles. The van der Waals surface area contributed by atoms with E-state index in [0.717, 1.165) is 11.1 Å². The first kappa shape index (κ1) is 15.8. The highest BCUT2D eigenvalue weighted by Crippen LogP contribution is 2.15. The van der Waals surface area contributed by atoms with Crippen molar-refractivity contribution in [2.24, 2.45) is 5.10 Å². The molecule has 0 aliphatic rings. The van der Waals surface area contributed by atoms with Gasteiger partial charge in [0.25, 0.3) is 0 Å². The Kier molecular flexibility index (Phi) is 4.94. The van der Waals surface area contributed by atoms with Crippen molar-refractivity contribution in [2.75, 3.05) is 0 Å². The molecule has 0 aliphatic carbocycles. The van der Waals surface area contributed by atoms with Gasteiger partial charge in [0.15, 0.2) is 0 Å². The zero-order valence-electron chi connectivity index (χ0n) is 13.1. The van der Waals surface area contributed by atoms with E-state index < -0.39 is 0 Å². The number of phenolic OH excluding ortho intramolecular Hbond substituents is 1. The molecule has 22 heavy (non-hydrogen) atoms. The normalized spacial score (nSPS) is 10.9. The highest BCUT2D eigenvalue weighted by Gasteiger charge is 2.04. The summed E-state index contributed by atoms with van der Waals surface area (Å²) in [5.74, 6) is -0.0515. The lowest BCUT2D eigenvalue weighted by Crippen LogP contribution is -2.19. The van der Waals surface area contributed by atoms with Crippen molar-refractivity contribution in [3.05, 3.63) is 64.2 Å². The summed E-state index contributed by atoms with van der Waals surface area (Å²) in [4.78, 5) is 11.9. The molecule has 0 unspecified atom stereocenters. The Morgan fingerprint density at radius 2 is 1.91 bits per heavy atom. The smallest absolute Gasteiger partial charge is 0.244 e. The van der Waals surface area contributed by atoms with Crippen molar-refractivity contribution in [3.63, 3.8) is 0 Å². The van der Waals surface area contributed by atoms with E-state index >= 15 is 0 Å². The van der Waals surface area contributed by atoms with Crippen LogP contribution >= 0.6 is 0 Å². The average Bonchev–Trinajstić information content (AvgIpc) is 2.46.